The molecule has 19 heavy (non-hydrogen) atoms. The van der Waals surface area contributed by atoms with Crippen LogP contribution >= 0.6 is 27.0 Å². The molecular formula is C9H21NO6P2S. The minimum atomic E-state index is -4.86. The first-order valence-electron chi connectivity index (χ1n) is 6.12. The first kappa shape index (κ1) is 17.7. The standard InChI is InChI=1S/C9H21NO6P2S/c1-2-3-4-8-7-10(5-6-19-8)9(17(11,12)13)18(14,15)16/h8-9H,2-7H2,1H3,(H2,11,12,13)(H2,14,15,16). The second-order valence-electron chi connectivity index (χ2n) is 4.65. The van der Waals surface area contributed by atoms with Crippen molar-refractivity contribution in [3.8, 4) is 0 Å². The van der Waals surface area contributed by atoms with Gasteiger partial charge in [0, 0.05) is 24.1 Å². The molecule has 0 aromatic carbocycles. The highest BCUT2D eigenvalue weighted by Gasteiger charge is 2.48. The summed E-state index contributed by atoms with van der Waals surface area (Å²) in [7, 11) is -9.73. The van der Waals surface area contributed by atoms with Crippen LogP contribution in [0.15, 0.2) is 0 Å². The van der Waals surface area contributed by atoms with Crippen molar-refractivity contribution >= 4 is 27.0 Å². The lowest BCUT2D eigenvalue weighted by molar-refractivity contribution is 0.227. The van der Waals surface area contributed by atoms with Crippen LogP contribution in [0.2, 0.25) is 0 Å². The molecule has 1 fully saturated rings. The molecule has 1 aliphatic rings. The van der Waals surface area contributed by atoms with Crippen LogP contribution in [0.4, 0.5) is 0 Å². The molecule has 1 aliphatic heterocycles. The van der Waals surface area contributed by atoms with E-state index in [0.29, 0.717) is 12.3 Å². The van der Waals surface area contributed by atoms with Crippen molar-refractivity contribution in [3.05, 3.63) is 0 Å². The molecule has 1 saturated heterocycles. The minimum absolute atomic E-state index is 0.175. The van der Waals surface area contributed by atoms with E-state index in [1.54, 1.807) is 11.8 Å². The molecule has 0 radical (unpaired) electrons. The summed E-state index contributed by atoms with van der Waals surface area (Å²) >= 11 is 1.70. The third kappa shape index (κ3) is 5.48. The summed E-state index contributed by atoms with van der Waals surface area (Å²) in [6.45, 7) is 2.65. The lowest BCUT2D eigenvalue weighted by Gasteiger charge is -2.37. The first-order valence-corrected chi connectivity index (χ1v) is 10.5. The minimum Gasteiger partial charge on any atom is -0.323 e. The summed E-state index contributed by atoms with van der Waals surface area (Å²) in [5, 5.41) is 0.175. The van der Waals surface area contributed by atoms with Gasteiger partial charge in [-0.3, -0.25) is 14.0 Å². The summed E-state index contributed by atoms with van der Waals surface area (Å²) in [6, 6.07) is 0. The Morgan fingerprint density at radius 3 is 2.32 bits per heavy atom. The Morgan fingerprint density at radius 1 is 1.26 bits per heavy atom. The fourth-order valence-corrected chi connectivity index (χ4v) is 6.32. The van der Waals surface area contributed by atoms with Gasteiger partial charge in [0.25, 0.3) is 0 Å². The molecule has 0 amide bonds. The Labute approximate surface area is 117 Å². The molecular weight excluding hydrogens is 312 g/mol. The molecule has 0 bridgehead atoms. The third-order valence-corrected chi connectivity index (χ3v) is 7.91. The Hall–Kier alpha value is 0.610. The topological polar surface area (TPSA) is 118 Å². The molecule has 4 N–H and O–H groups in total. The zero-order chi connectivity index (χ0) is 14.7. The van der Waals surface area contributed by atoms with Crippen LogP contribution in [0.25, 0.3) is 0 Å². The zero-order valence-electron chi connectivity index (χ0n) is 10.8. The van der Waals surface area contributed by atoms with Crippen molar-refractivity contribution < 1.29 is 28.7 Å². The number of hydrogen-bond acceptors (Lipinski definition) is 4. The van der Waals surface area contributed by atoms with E-state index in [4.69, 9.17) is 0 Å². The Morgan fingerprint density at radius 2 is 1.84 bits per heavy atom. The van der Waals surface area contributed by atoms with Gasteiger partial charge >= 0.3 is 15.2 Å². The zero-order valence-corrected chi connectivity index (χ0v) is 13.4. The maximum atomic E-state index is 11.4. The van der Waals surface area contributed by atoms with Gasteiger partial charge in [-0.1, -0.05) is 19.8 Å². The molecule has 1 heterocycles. The van der Waals surface area contributed by atoms with E-state index in [2.05, 4.69) is 6.92 Å². The van der Waals surface area contributed by atoms with Crippen molar-refractivity contribution in [2.75, 3.05) is 18.8 Å². The molecule has 1 atom stereocenters. The van der Waals surface area contributed by atoms with Gasteiger partial charge in [-0.2, -0.15) is 11.8 Å². The van der Waals surface area contributed by atoms with E-state index in [1.165, 1.54) is 4.90 Å². The highest BCUT2D eigenvalue weighted by Crippen LogP contribution is 2.61. The number of hydrogen-bond donors (Lipinski definition) is 4. The van der Waals surface area contributed by atoms with Crippen LogP contribution in [-0.2, 0) is 9.13 Å². The number of unbranched alkanes of at least 4 members (excludes halogenated alkanes) is 1. The van der Waals surface area contributed by atoms with E-state index in [9.17, 15) is 28.7 Å². The average molecular weight is 333 g/mol. The largest absolute Gasteiger partial charge is 0.354 e. The summed E-state index contributed by atoms with van der Waals surface area (Å²) in [5.74, 6) is 0.630. The highest BCUT2D eigenvalue weighted by molar-refractivity contribution is 8.00. The van der Waals surface area contributed by atoms with E-state index in [-0.39, 0.29) is 11.8 Å². The SMILES string of the molecule is CCCCC1CN(C(P(=O)(O)O)P(=O)(O)O)CCS1. The van der Waals surface area contributed by atoms with Gasteiger partial charge in [0.15, 0.2) is 0 Å². The lowest BCUT2D eigenvalue weighted by Crippen LogP contribution is -2.44. The van der Waals surface area contributed by atoms with Crippen LogP contribution in [0.3, 0.4) is 0 Å². The third-order valence-electron chi connectivity index (χ3n) is 2.98. The maximum Gasteiger partial charge on any atom is 0.354 e. The summed E-state index contributed by atoms with van der Waals surface area (Å²) in [5.41, 5.74) is -2.00. The smallest absolute Gasteiger partial charge is 0.323 e. The van der Waals surface area contributed by atoms with Crippen LogP contribution in [0, 0.1) is 0 Å². The average Bonchev–Trinajstić information content (AvgIpc) is 2.22. The van der Waals surface area contributed by atoms with E-state index < -0.39 is 20.7 Å². The van der Waals surface area contributed by atoms with Gasteiger partial charge in [0.2, 0.25) is 5.52 Å². The van der Waals surface area contributed by atoms with Crippen LogP contribution in [-0.4, -0.2) is 54.1 Å². The molecule has 1 rings (SSSR count). The molecule has 10 heteroatoms. The summed E-state index contributed by atoms with van der Waals surface area (Å²) in [4.78, 5) is 38.1. The Kier molecular flexibility index (Phi) is 6.55. The monoisotopic (exact) mass is 333 g/mol. The van der Waals surface area contributed by atoms with Crippen molar-refractivity contribution in [2.24, 2.45) is 0 Å². The lowest BCUT2D eigenvalue weighted by atomic mass is 10.2. The van der Waals surface area contributed by atoms with Gasteiger partial charge in [-0.25, -0.2) is 0 Å². The highest BCUT2D eigenvalue weighted by atomic mass is 32.2. The van der Waals surface area contributed by atoms with E-state index >= 15 is 0 Å². The maximum absolute atomic E-state index is 11.4. The van der Waals surface area contributed by atoms with Crippen molar-refractivity contribution in [1.82, 2.24) is 4.90 Å². The van der Waals surface area contributed by atoms with Crippen molar-refractivity contribution in [1.29, 1.82) is 0 Å². The van der Waals surface area contributed by atoms with Crippen LogP contribution in [0.1, 0.15) is 26.2 Å². The Balaban J connectivity index is 2.80. The summed E-state index contributed by atoms with van der Waals surface area (Å²) in [6.07, 6.45) is 2.92. The number of thioether (sulfide) groups is 1. The van der Waals surface area contributed by atoms with Crippen molar-refractivity contribution in [2.45, 2.75) is 37.0 Å². The second kappa shape index (κ2) is 7.05. The number of rotatable bonds is 6. The molecule has 0 spiro atoms. The second-order valence-corrected chi connectivity index (χ2v) is 9.80. The van der Waals surface area contributed by atoms with E-state index in [0.717, 1.165) is 19.3 Å². The first-order chi connectivity index (χ1) is 8.66. The number of nitrogens with zero attached hydrogens (tertiary/aromatic N) is 1. The van der Waals surface area contributed by atoms with Gasteiger partial charge < -0.3 is 19.6 Å². The molecule has 0 aliphatic carbocycles. The Bertz CT molecular complexity index is 361. The predicted octanol–water partition coefficient (Wildman–Crippen LogP) is 1.23. The van der Waals surface area contributed by atoms with Crippen molar-refractivity contribution in [3.63, 3.8) is 0 Å². The normalized spacial score (nSPS) is 22.9. The fraction of sp³-hybridized carbons (Fsp3) is 1.00. The quantitative estimate of drug-likeness (QED) is 0.536. The van der Waals surface area contributed by atoms with Crippen LogP contribution < -0.4 is 0 Å². The van der Waals surface area contributed by atoms with E-state index in [1.807, 2.05) is 0 Å². The van der Waals surface area contributed by atoms with Crippen LogP contribution in [0.5, 0.6) is 0 Å². The summed E-state index contributed by atoms with van der Waals surface area (Å²) < 4.78 is 22.7. The van der Waals surface area contributed by atoms with Gasteiger partial charge in [0.1, 0.15) is 0 Å². The molecule has 7 nitrogen and oxygen atoms in total. The predicted molar refractivity (Wildman–Crippen MR) is 75.2 cm³/mol. The molecule has 1 unspecified atom stereocenters. The molecule has 114 valence electrons. The van der Waals surface area contributed by atoms with Gasteiger partial charge in [-0.15, -0.1) is 0 Å². The molecule has 0 saturated carbocycles. The van der Waals surface area contributed by atoms with Gasteiger partial charge in [0.05, 0.1) is 0 Å². The molecule has 0 aromatic heterocycles. The fourth-order valence-electron chi connectivity index (χ4n) is 2.18. The molecule has 0 aromatic rings. The van der Waals surface area contributed by atoms with Gasteiger partial charge in [-0.05, 0) is 6.42 Å².